The van der Waals surface area contributed by atoms with Crippen molar-refractivity contribution in [2.45, 2.75) is 6.04 Å². The monoisotopic (exact) mass is 140 g/mol. The Hall–Kier alpha value is -1.29. The summed E-state index contributed by atoms with van der Waals surface area (Å²) in [5.41, 5.74) is 10.5. The summed E-state index contributed by atoms with van der Waals surface area (Å²) in [6.07, 6.45) is 2.44. The molecule has 0 aromatic heterocycles. The second-order valence-corrected chi connectivity index (χ2v) is 2.05. The van der Waals surface area contributed by atoms with Gasteiger partial charge in [-0.15, -0.1) is 0 Å². The summed E-state index contributed by atoms with van der Waals surface area (Å²) < 4.78 is 0. The molecule has 0 aromatic rings. The Kier molecular flexibility index (Phi) is 1.47. The average molecular weight is 140 g/mol. The maximum absolute atomic E-state index is 10.7. The van der Waals surface area contributed by atoms with Crippen molar-refractivity contribution < 1.29 is 9.90 Å². The van der Waals surface area contributed by atoms with E-state index in [2.05, 4.69) is 0 Å². The highest BCUT2D eigenvalue weighted by atomic mass is 16.3. The van der Waals surface area contributed by atoms with E-state index in [1.807, 2.05) is 0 Å². The van der Waals surface area contributed by atoms with Gasteiger partial charge in [-0.3, -0.25) is 4.79 Å². The molecule has 0 radical (unpaired) electrons. The molecule has 0 aromatic carbocycles. The van der Waals surface area contributed by atoms with Crippen LogP contribution in [0.1, 0.15) is 0 Å². The molecular formula is C6H8N2O2. The van der Waals surface area contributed by atoms with Gasteiger partial charge in [0.25, 0.3) is 0 Å². The van der Waals surface area contributed by atoms with Gasteiger partial charge < -0.3 is 16.6 Å². The van der Waals surface area contributed by atoms with Crippen molar-refractivity contribution >= 4 is 5.78 Å². The van der Waals surface area contributed by atoms with Gasteiger partial charge in [-0.1, -0.05) is 0 Å². The molecule has 0 spiro atoms. The molecule has 0 heterocycles. The summed E-state index contributed by atoms with van der Waals surface area (Å²) in [5, 5.41) is 8.90. The highest BCUT2D eigenvalue weighted by molar-refractivity contribution is 5.98. The van der Waals surface area contributed by atoms with E-state index < -0.39 is 6.04 Å². The van der Waals surface area contributed by atoms with Gasteiger partial charge in [0.15, 0.2) is 5.78 Å². The van der Waals surface area contributed by atoms with Crippen molar-refractivity contribution in [3.8, 4) is 0 Å². The molecule has 1 atom stereocenters. The first-order chi connectivity index (χ1) is 4.63. The van der Waals surface area contributed by atoms with E-state index in [-0.39, 0.29) is 17.2 Å². The molecule has 54 valence electrons. The maximum Gasteiger partial charge on any atom is 0.178 e. The van der Waals surface area contributed by atoms with Gasteiger partial charge in [0.1, 0.15) is 11.8 Å². The van der Waals surface area contributed by atoms with Gasteiger partial charge in [-0.05, 0) is 12.2 Å². The lowest BCUT2D eigenvalue weighted by atomic mass is 10.0. The largest absolute Gasteiger partial charge is 0.506 e. The molecule has 1 aliphatic rings. The molecule has 0 aliphatic heterocycles. The van der Waals surface area contributed by atoms with Crippen LogP contribution in [0.2, 0.25) is 0 Å². The molecule has 1 aliphatic carbocycles. The summed E-state index contributed by atoms with van der Waals surface area (Å²) in [7, 11) is 0. The zero-order chi connectivity index (χ0) is 7.72. The van der Waals surface area contributed by atoms with E-state index in [9.17, 15) is 4.79 Å². The standard InChI is InChI=1S/C6H8N2O2/c7-5-3(9)1-2-4(10)6(5)8/h1-2,5,10H,7-8H2. The molecule has 0 saturated heterocycles. The Morgan fingerprint density at radius 3 is 2.60 bits per heavy atom. The number of aliphatic hydroxyl groups is 1. The normalized spacial score (nSPS) is 25.7. The Bertz CT molecular complexity index is 230. The van der Waals surface area contributed by atoms with Gasteiger partial charge in [-0.25, -0.2) is 0 Å². The van der Waals surface area contributed by atoms with Crippen LogP contribution >= 0.6 is 0 Å². The van der Waals surface area contributed by atoms with Crippen LogP contribution in [0.15, 0.2) is 23.6 Å². The lowest BCUT2D eigenvalue weighted by Crippen LogP contribution is -2.37. The fourth-order valence-corrected chi connectivity index (χ4v) is 0.674. The van der Waals surface area contributed by atoms with Crippen molar-refractivity contribution in [2.24, 2.45) is 11.5 Å². The lowest BCUT2D eigenvalue weighted by molar-refractivity contribution is -0.115. The fraction of sp³-hybridized carbons (Fsp3) is 0.167. The zero-order valence-corrected chi connectivity index (χ0v) is 5.24. The number of carbonyl (C=O) groups excluding carboxylic acids is 1. The van der Waals surface area contributed by atoms with E-state index >= 15 is 0 Å². The number of carbonyl (C=O) groups is 1. The predicted molar refractivity (Wildman–Crippen MR) is 36.0 cm³/mol. The number of allylic oxidation sites excluding steroid dienone is 1. The summed E-state index contributed by atoms with van der Waals surface area (Å²) in [5.74, 6) is -0.401. The predicted octanol–water partition coefficient (Wildman–Crippen LogP) is -0.819. The van der Waals surface area contributed by atoms with Crippen molar-refractivity contribution in [3.63, 3.8) is 0 Å². The van der Waals surface area contributed by atoms with Crippen molar-refractivity contribution in [1.82, 2.24) is 0 Å². The molecule has 10 heavy (non-hydrogen) atoms. The van der Waals surface area contributed by atoms with E-state index in [4.69, 9.17) is 16.6 Å². The Labute approximate surface area is 57.8 Å². The molecule has 0 fully saturated rings. The van der Waals surface area contributed by atoms with E-state index in [0.717, 1.165) is 0 Å². The van der Waals surface area contributed by atoms with Crippen LogP contribution in [0.3, 0.4) is 0 Å². The number of hydrogen-bond acceptors (Lipinski definition) is 4. The van der Waals surface area contributed by atoms with Crippen molar-refractivity contribution in [2.75, 3.05) is 0 Å². The minimum absolute atomic E-state index is 0.0347. The molecule has 4 heteroatoms. The van der Waals surface area contributed by atoms with E-state index in [1.54, 1.807) is 0 Å². The zero-order valence-electron chi connectivity index (χ0n) is 5.24. The van der Waals surface area contributed by atoms with Crippen LogP contribution in [-0.2, 0) is 4.79 Å². The number of ketones is 1. The minimum atomic E-state index is -0.870. The number of aliphatic hydroxyl groups excluding tert-OH is 1. The fourth-order valence-electron chi connectivity index (χ4n) is 0.674. The molecule has 0 amide bonds. The van der Waals surface area contributed by atoms with E-state index in [0.29, 0.717) is 0 Å². The molecule has 1 rings (SSSR count). The van der Waals surface area contributed by atoms with Gasteiger partial charge in [0, 0.05) is 0 Å². The number of nitrogens with two attached hydrogens (primary N) is 2. The van der Waals surface area contributed by atoms with Crippen LogP contribution in [0, 0.1) is 0 Å². The molecular weight excluding hydrogens is 132 g/mol. The van der Waals surface area contributed by atoms with E-state index in [1.165, 1.54) is 12.2 Å². The smallest absolute Gasteiger partial charge is 0.178 e. The van der Waals surface area contributed by atoms with Crippen LogP contribution in [0.4, 0.5) is 0 Å². The van der Waals surface area contributed by atoms with Gasteiger partial charge in [0.2, 0.25) is 0 Å². The molecule has 0 bridgehead atoms. The highest BCUT2D eigenvalue weighted by Crippen LogP contribution is 2.07. The topological polar surface area (TPSA) is 89.3 Å². The van der Waals surface area contributed by atoms with Crippen molar-refractivity contribution in [1.29, 1.82) is 0 Å². The molecule has 4 nitrogen and oxygen atoms in total. The summed E-state index contributed by atoms with van der Waals surface area (Å²) in [6.45, 7) is 0. The van der Waals surface area contributed by atoms with Crippen LogP contribution in [0.5, 0.6) is 0 Å². The first kappa shape index (κ1) is 6.82. The van der Waals surface area contributed by atoms with Crippen LogP contribution in [0.25, 0.3) is 0 Å². The van der Waals surface area contributed by atoms with Crippen LogP contribution < -0.4 is 11.5 Å². The minimum Gasteiger partial charge on any atom is -0.506 e. The second kappa shape index (κ2) is 2.15. The molecule has 5 N–H and O–H groups in total. The van der Waals surface area contributed by atoms with Gasteiger partial charge in [-0.2, -0.15) is 0 Å². The first-order valence-corrected chi connectivity index (χ1v) is 2.79. The third-order valence-corrected chi connectivity index (χ3v) is 1.34. The quantitative estimate of drug-likeness (QED) is 0.410. The molecule has 0 saturated carbocycles. The Morgan fingerprint density at radius 2 is 2.10 bits per heavy atom. The molecule has 1 unspecified atom stereocenters. The number of hydrogen-bond donors (Lipinski definition) is 3. The third-order valence-electron chi connectivity index (χ3n) is 1.34. The Morgan fingerprint density at radius 1 is 1.50 bits per heavy atom. The summed E-state index contributed by atoms with van der Waals surface area (Å²) >= 11 is 0. The SMILES string of the molecule is NC1=C(O)C=CC(=O)C1N. The summed E-state index contributed by atoms with van der Waals surface area (Å²) in [4.78, 5) is 10.7. The maximum atomic E-state index is 10.7. The van der Waals surface area contributed by atoms with Gasteiger partial charge in [0.05, 0.1) is 5.70 Å². The second-order valence-electron chi connectivity index (χ2n) is 2.05. The van der Waals surface area contributed by atoms with Crippen molar-refractivity contribution in [3.05, 3.63) is 23.6 Å². The van der Waals surface area contributed by atoms with Gasteiger partial charge >= 0.3 is 0 Å². The highest BCUT2D eigenvalue weighted by Gasteiger charge is 2.19. The average Bonchev–Trinajstić information content (AvgIpc) is 1.93. The summed E-state index contributed by atoms with van der Waals surface area (Å²) in [6, 6.07) is -0.870. The van der Waals surface area contributed by atoms with Crippen LogP contribution in [-0.4, -0.2) is 16.9 Å². The third kappa shape index (κ3) is 0.886. The first-order valence-electron chi connectivity index (χ1n) is 2.79. The lowest BCUT2D eigenvalue weighted by Gasteiger charge is -2.12. The Balaban J connectivity index is 2.99. The number of rotatable bonds is 0.